The zero-order valence-corrected chi connectivity index (χ0v) is 22.7. The lowest BCUT2D eigenvalue weighted by Crippen LogP contribution is -1.88. The second-order valence-electron chi connectivity index (χ2n) is 10.3. The van der Waals surface area contributed by atoms with E-state index in [4.69, 9.17) is 0 Å². The van der Waals surface area contributed by atoms with Gasteiger partial charge in [0.25, 0.3) is 0 Å². The molecule has 0 bridgehead atoms. The van der Waals surface area contributed by atoms with E-state index in [-0.39, 0.29) is 0 Å². The Labute approximate surface area is 231 Å². The molecule has 6 rings (SSSR count). The highest BCUT2D eigenvalue weighted by molar-refractivity contribution is 6.18. The Balaban J connectivity index is 1.25. The van der Waals surface area contributed by atoms with Gasteiger partial charge < -0.3 is 0 Å². The maximum Gasteiger partial charge on any atom is 0.0273 e. The van der Waals surface area contributed by atoms with Gasteiger partial charge >= 0.3 is 0 Å². The van der Waals surface area contributed by atoms with Crippen LogP contribution in [0.1, 0.15) is 48.9 Å². The van der Waals surface area contributed by atoms with E-state index in [1.54, 1.807) is 0 Å². The quantitative estimate of drug-likeness (QED) is 0.205. The number of hydrogen-bond donors (Lipinski definition) is 0. The minimum Gasteiger partial charge on any atom is -0.265 e. The van der Waals surface area contributed by atoms with Crippen LogP contribution in [-0.4, -0.2) is 4.98 Å². The number of pyridine rings is 1. The molecule has 1 heterocycles. The molecular weight excluding hydrogens is 470 g/mol. The molecule has 0 spiro atoms. The summed E-state index contributed by atoms with van der Waals surface area (Å²) in [5.74, 6) is 0. The molecular formula is C38H33N. The highest BCUT2D eigenvalue weighted by Gasteiger charge is 2.23. The van der Waals surface area contributed by atoms with Crippen LogP contribution in [0.3, 0.4) is 0 Å². The lowest BCUT2D eigenvalue weighted by Gasteiger charge is -2.11. The Morgan fingerprint density at radius 1 is 0.769 bits per heavy atom. The average Bonchev–Trinajstić information content (AvgIpc) is 3.31. The van der Waals surface area contributed by atoms with E-state index in [0.29, 0.717) is 0 Å². The summed E-state index contributed by atoms with van der Waals surface area (Å²) in [7, 11) is 0. The number of nitrogens with zero attached hydrogens (tertiary/aromatic N) is 1. The molecule has 0 atom stereocenters. The summed E-state index contributed by atoms with van der Waals surface area (Å²) in [4.78, 5) is 4.14. The van der Waals surface area contributed by atoms with Crippen molar-refractivity contribution in [1.29, 1.82) is 0 Å². The first kappa shape index (κ1) is 24.8. The second-order valence-corrected chi connectivity index (χ2v) is 10.3. The molecule has 1 heteroatoms. The molecule has 1 nitrogen and oxygen atoms in total. The molecule has 4 aromatic carbocycles. The van der Waals surface area contributed by atoms with Crippen LogP contribution in [0.2, 0.25) is 0 Å². The standard InChI is InChI=1S/C38H33N/c1-4-8-34-32(5-2)37-20-19-33(35-11-7-12-36(34)38(35)37)29-17-15-27(16-18-29)14-13-26(3)30-9-6-10-31(25-30)28-21-23-39-24-22-28/h5-7,9-13,15-25H,2,4,8,14H2,1,3H3/b26-13+. The highest BCUT2D eigenvalue weighted by atomic mass is 14.6. The Kier molecular flexibility index (Phi) is 6.82. The summed E-state index contributed by atoms with van der Waals surface area (Å²) in [6.07, 6.45) is 11.2. The van der Waals surface area contributed by atoms with Gasteiger partial charge in [0.05, 0.1) is 0 Å². The van der Waals surface area contributed by atoms with E-state index in [1.807, 2.05) is 18.5 Å². The molecule has 190 valence electrons. The predicted octanol–water partition coefficient (Wildman–Crippen LogP) is 10.4. The molecule has 0 saturated heterocycles. The van der Waals surface area contributed by atoms with Gasteiger partial charge in [-0.05, 0) is 110 Å². The van der Waals surface area contributed by atoms with Crippen LogP contribution in [0.15, 0.2) is 122 Å². The number of aromatic nitrogens is 1. The zero-order chi connectivity index (χ0) is 26.8. The molecule has 5 aromatic rings. The molecule has 1 aliphatic carbocycles. The van der Waals surface area contributed by atoms with Crippen molar-refractivity contribution in [1.82, 2.24) is 4.98 Å². The van der Waals surface area contributed by atoms with E-state index in [2.05, 4.69) is 122 Å². The van der Waals surface area contributed by atoms with E-state index in [1.165, 1.54) is 72.0 Å². The summed E-state index contributed by atoms with van der Waals surface area (Å²) in [5.41, 5.74) is 14.3. The van der Waals surface area contributed by atoms with Crippen LogP contribution in [0.25, 0.3) is 49.7 Å². The van der Waals surface area contributed by atoms with E-state index >= 15 is 0 Å². The molecule has 0 fully saturated rings. The van der Waals surface area contributed by atoms with Crippen LogP contribution in [0.5, 0.6) is 0 Å². The summed E-state index contributed by atoms with van der Waals surface area (Å²) >= 11 is 0. The van der Waals surface area contributed by atoms with Gasteiger partial charge in [0.15, 0.2) is 0 Å². The fraction of sp³-hybridized carbons (Fsp3) is 0.132. The topological polar surface area (TPSA) is 12.9 Å². The van der Waals surface area contributed by atoms with Gasteiger partial charge in [0, 0.05) is 12.4 Å². The van der Waals surface area contributed by atoms with E-state index < -0.39 is 0 Å². The number of allylic oxidation sites excluding steroid dienone is 5. The smallest absolute Gasteiger partial charge is 0.0273 e. The molecule has 0 N–H and O–H groups in total. The van der Waals surface area contributed by atoms with Gasteiger partial charge in [0.2, 0.25) is 0 Å². The van der Waals surface area contributed by atoms with Crippen molar-refractivity contribution in [3.05, 3.63) is 144 Å². The largest absolute Gasteiger partial charge is 0.265 e. The summed E-state index contributed by atoms with van der Waals surface area (Å²) in [5, 5.41) is 2.71. The molecule has 0 amide bonds. The third-order valence-corrected chi connectivity index (χ3v) is 7.93. The van der Waals surface area contributed by atoms with Gasteiger partial charge in [-0.15, -0.1) is 0 Å². The van der Waals surface area contributed by atoms with Gasteiger partial charge in [-0.25, -0.2) is 0 Å². The highest BCUT2D eigenvalue weighted by Crippen LogP contribution is 2.46. The van der Waals surface area contributed by atoms with Crippen molar-refractivity contribution in [2.24, 2.45) is 0 Å². The SMILES string of the molecule is C=CC1=C(CCC)c2cccc3c(-c4ccc(C/C=C(\C)c5cccc(-c6ccncc6)c5)cc4)ccc1c23. The molecule has 0 unspecified atom stereocenters. The van der Waals surface area contributed by atoms with Crippen molar-refractivity contribution in [2.75, 3.05) is 0 Å². The molecule has 0 aliphatic heterocycles. The van der Waals surface area contributed by atoms with Gasteiger partial charge in [0.1, 0.15) is 0 Å². The van der Waals surface area contributed by atoms with Crippen molar-refractivity contribution >= 4 is 27.5 Å². The van der Waals surface area contributed by atoms with E-state index in [0.717, 1.165) is 19.3 Å². The predicted molar refractivity (Wildman–Crippen MR) is 168 cm³/mol. The number of hydrogen-bond acceptors (Lipinski definition) is 1. The molecule has 0 saturated carbocycles. The van der Waals surface area contributed by atoms with Crippen LogP contribution >= 0.6 is 0 Å². The second kappa shape index (κ2) is 10.7. The first-order valence-corrected chi connectivity index (χ1v) is 13.9. The Hall–Kier alpha value is -4.49. The first-order chi connectivity index (χ1) is 19.2. The molecule has 39 heavy (non-hydrogen) atoms. The summed E-state index contributed by atoms with van der Waals surface area (Å²) in [6, 6.07) is 33.3. The fourth-order valence-electron chi connectivity index (χ4n) is 5.89. The van der Waals surface area contributed by atoms with Crippen molar-refractivity contribution in [2.45, 2.75) is 33.1 Å². The van der Waals surface area contributed by atoms with Gasteiger partial charge in [-0.2, -0.15) is 0 Å². The lowest BCUT2D eigenvalue weighted by atomic mass is 9.93. The normalized spacial score (nSPS) is 12.8. The van der Waals surface area contributed by atoms with Crippen LogP contribution in [0, 0.1) is 0 Å². The van der Waals surface area contributed by atoms with Crippen LogP contribution in [-0.2, 0) is 6.42 Å². The molecule has 1 aromatic heterocycles. The minimum atomic E-state index is 0.905. The van der Waals surface area contributed by atoms with Crippen molar-refractivity contribution in [3.63, 3.8) is 0 Å². The lowest BCUT2D eigenvalue weighted by molar-refractivity contribution is 0.977. The number of rotatable bonds is 8. The van der Waals surface area contributed by atoms with Crippen LogP contribution in [0.4, 0.5) is 0 Å². The molecule has 1 aliphatic rings. The van der Waals surface area contributed by atoms with E-state index in [9.17, 15) is 0 Å². The zero-order valence-electron chi connectivity index (χ0n) is 22.7. The Morgan fingerprint density at radius 2 is 1.54 bits per heavy atom. The van der Waals surface area contributed by atoms with Gasteiger partial charge in [-0.1, -0.05) is 105 Å². The van der Waals surface area contributed by atoms with Crippen molar-refractivity contribution < 1.29 is 0 Å². The fourth-order valence-corrected chi connectivity index (χ4v) is 5.89. The Bertz CT molecular complexity index is 1730. The monoisotopic (exact) mass is 503 g/mol. The van der Waals surface area contributed by atoms with Crippen molar-refractivity contribution in [3.8, 4) is 22.3 Å². The third-order valence-electron chi connectivity index (χ3n) is 7.93. The van der Waals surface area contributed by atoms with Crippen LogP contribution < -0.4 is 0 Å². The molecule has 0 radical (unpaired) electrons. The third kappa shape index (κ3) is 4.66. The summed E-state index contributed by atoms with van der Waals surface area (Å²) < 4.78 is 0. The minimum absolute atomic E-state index is 0.905. The van der Waals surface area contributed by atoms with Gasteiger partial charge in [-0.3, -0.25) is 4.98 Å². The maximum absolute atomic E-state index is 4.14. The Morgan fingerprint density at radius 3 is 2.31 bits per heavy atom. The first-order valence-electron chi connectivity index (χ1n) is 13.9. The number of benzene rings is 4. The summed E-state index contributed by atoms with van der Waals surface area (Å²) in [6.45, 7) is 8.59. The average molecular weight is 504 g/mol. The maximum atomic E-state index is 4.14.